The van der Waals surface area contributed by atoms with Gasteiger partial charge < -0.3 is 5.32 Å². The molecule has 0 bridgehead atoms. The zero-order chi connectivity index (χ0) is 11.7. The van der Waals surface area contributed by atoms with Gasteiger partial charge in [-0.2, -0.15) is 0 Å². The van der Waals surface area contributed by atoms with Crippen molar-refractivity contribution in [3.8, 4) is 0 Å². The molecule has 1 aromatic heterocycles. The van der Waals surface area contributed by atoms with Gasteiger partial charge in [0.05, 0.1) is 0 Å². The van der Waals surface area contributed by atoms with Crippen molar-refractivity contribution in [2.24, 2.45) is 5.92 Å². The molecule has 1 aromatic carbocycles. The molecule has 5 nitrogen and oxygen atoms in total. The van der Waals surface area contributed by atoms with E-state index in [2.05, 4.69) is 20.3 Å². The normalized spacial score (nSPS) is 16.4. The van der Waals surface area contributed by atoms with Crippen LogP contribution in [0.3, 0.4) is 0 Å². The molecule has 3 rings (SSSR count). The van der Waals surface area contributed by atoms with Crippen molar-refractivity contribution in [2.75, 3.05) is 13.1 Å². The van der Waals surface area contributed by atoms with Gasteiger partial charge in [0, 0.05) is 11.5 Å². The Kier molecular flexibility index (Phi) is 3.93. The third kappa shape index (κ3) is 2.37. The van der Waals surface area contributed by atoms with Crippen LogP contribution in [-0.4, -0.2) is 29.2 Å². The van der Waals surface area contributed by atoms with Crippen molar-refractivity contribution in [2.45, 2.75) is 12.8 Å². The summed E-state index contributed by atoms with van der Waals surface area (Å²) in [6.45, 7) is 1.84. The number of carbonyl (C=O) groups is 1. The number of aromatic nitrogens is 2. The molecule has 0 saturated carbocycles. The standard InChI is InChI=1S/C12H13N3O2.ClH/c16-12(8-3-5-13-6-4-8)9-1-2-10-11(7-9)15-17-14-10;/h1-2,7-8,13H,3-6H2;1H. The third-order valence-electron chi connectivity index (χ3n) is 3.25. The second-order valence-electron chi connectivity index (χ2n) is 4.36. The lowest BCUT2D eigenvalue weighted by Crippen LogP contribution is -2.31. The van der Waals surface area contributed by atoms with Crippen molar-refractivity contribution in [1.82, 2.24) is 15.6 Å². The molecule has 0 spiro atoms. The van der Waals surface area contributed by atoms with Crippen LogP contribution in [0.2, 0.25) is 0 Å². The SMILES string of the molecule is Cl.O=C(c1ccc2nonc2c1)C1CCNCC1. The van der Waals surface area contributed by atoms with Gasteiger partial charge >= 0.3 is 0 Å². The minimum Gasteiger partial charge on any atom is -0.317 e. The summed E-state index contributed by atoms with van der Waals surface area (Å²) in [6.07, 6.45) is 1.82. The Morgan fingerprint density at radius 3 is 2.72 bits per heavy atom. The molecule has 0 unspecified atom stereocenters. The van der Waals surface area contributed by atoms with Crippen LogP contribution in [0.4, 0.5) is 0 Å². The van der Waals surface area contributed by atoms with Gasteiger partial charge in [-0.15, -0.1) is 12.4 Å². The maximum Gasteiger partial charge on any atom is 0.166 e. The second-order valence-corrected chi connectivity index (χ2v) is 4.36. The highest BCUT2D eigenvalue weighted by molar-refractivity contribution is 6.00. The molecule has 1 N–H and O–H groups in total. The number of rotatable bonds is 2. The molecule has 1 aliphatic rings. The number of halogens is 1. The first kappa shape index (κ1) is 13.0. The number of hydrogen-bond acceptors (Lipinski definition) is 5. The minimum atomic E-state index is 0. The van der Waals surface area contributed by atoms with Crippen LogP contribution in [0.5, 0.6) is 0 Å². The average Bonchev–Trinajstić information content (AvgIpc) is 2.86. The average molecular weight is 268 g/mol. The summed E-state index contributed by atoms with van der Waals surface area (Å²) in [7, 11) is 0. The number of carbonyl (C=O) groups excluding carboxylic acids is 1. The first-order valence-corrected chi connectivity index (χ1v) is 5.82. The largest absolute Gasteiger partial charge is 0.317 e. The highest BCUT2D eigenvalue weighted by atomic mass is 35.5. The van der Waals surface area contributed by atoms with E-state index in [9.17, 15) is 4.79 Å². The Morgan fingerprint density at radius 2 is 1.94 bits per heavy atom. The van der Waals surface area contributed by atoms with Crippen molar-refractivity contribution in [1.29, 1.82) is 0 Å². The monoisotopic (exact) mass is 267 g/mol. The van der Waals surface area contributed by atoms with Gasteiger partial charge in [-0.25, -0.2) is 4.63 Å². The van der Waals surface area contributed by atoms with E-state index in [0.717, 1.165) is 25.9 Å². The summed E-state index contributed by atoms with van der Waals surface area (Å²) >= 11 is 0. The fraction of sp³-hybridized carbons (Fsp3) is 0.417. The van der Waals surface area contributed by atoms with Gasteiger partial charge in [-0.1, -0.05) is 0 Å². The smallest absolute Gasteiger partial charge is 0.166 e. The Labute approximate surface area is 110 Å². The van der Waals surface area contributed by atoms with E-state index in [0.29, 0.717) is 16.6 Å². The van der Waals surface area contributed by atoms with Crippen LogP contribution in [0.25, 0.3) is 11.0 Å². The zero-order valence-corrected chi connectivity index (χ0v) is 10.6. The number of piperidine rings is 1. The Bertz CT molecular complexity index is 549. The lowest BCUT2D eigenvalue weighted by molar-refractivity contribution is 0.0895. The maximum absolute atomic E-state index is 12.3. The predicted octanol–water partition coefficient (Wildman–Crippen LogP) is 1.83. The molecule has 96 valence electrons. The maximum atomic E-state index is 12.3. The Hall–Kier alpha value is -1.46. The first-order valence-electron chi connectivity index (χ1n) is 5.82. The van der Waals surface area contributed by atoms with Crippen LogP contribution in [0.1, 0.15) is 23.2 Å². The molecular formula is C12H14ClN3O2. The summed E-state index contributed by atoms with van der Waals surface area (Å²) in [6, 6.07) is 5.34. The lowest BCUT2D eigenvalue weighted by atomic mass is 9.89. The zero-order valence-electron chi connectivity index (χ0n) is 9.76. The van der Waals surface area contributed by atoms with E-state index in [-0.39, 0.29) is 24.1 Å². The molecule has 0 atom stereocenters. The molecule has 1 fully saturated rings. The summed E-state index contributed by atoms with van der Waals surface area (Å²) in [5, 5.41) is 10.7. The molecule has 1 saturated heterocycles. The van der Waals surface area contributed by atoms with E-state index in [1.807, 2.05) is 0 Å². The van der Waals surface area contributed by atoms with Crippen molar-refractivity contribution < 1.29 is 9.42 Å². The Balaban J connectivity index is 0.00000120. The molecule has 6 heteroatoms. The summed E-state index contributed by atoms with van der Waals surface area (Å²) in [4.78, 5) is 12.3. The molecule has 0 radical (unpaired) electrons. The van der Waals surface area contributed by atoms with Crippen LogP contribution in [-0.2, 0) is 0 Å². The first-order chi connectivity index (χ1) is 8.34. The summed E-state index contributed by atoms with van der Waals surface area (Å²) in [5.74, 6) is 0.338. The quantitative estimate of drug-likeness (QED) is 0.841. The summed E-state index contributed by atoms with van der Waals surface area (Å²) < 4.78 is 4.62. The number of nitrogens with one attached hydrogen (secondary N) is 1. The van der Waals surface area contributed by atoms with E-state index < -0.39 is 0 Å². The minimum absolute atomic E-state index is 0. The van der Waals surface area contributed by atoms with Crippen molar-refractivity contribution in [3.05, 3.63) is 23.8 Å². The molecule has 0 aliphatic carbocycles. The molecular weight excluding hydrogens is 254 g/mol. The Morgan fingerprint density at radius 1 is 1.22 bits per heavy atom. The topological polar surface area (TPSA) is 68.0 Å². The number of fused-ring (bicyclic) bond motifs is 1. The van der Waals surface area contributed by atoms with Gasteiger partial charge in [-0.05, 0) is 54.4 Å². The van der Waals surface area contributed by atoms with E-state index in [4.69, 9.17) is 0 Å². The fourth-order valence-electron chi connectivity index (χ4n) is 2.26. The predicted molar refractivity (Wildman–Crippen MR) is 69.0 cm³/mol. The fourth-order valence-corrected chi connectivity index (χ4v) is 2.26. The van der Waals surface area contributed by atoms with Gasteiger partial charge in [-0.3, -0.25) is 4.79 Å². The van der Waals surface area contributed by atoms with Crippen LogP contribution in [0, 0.1) is 5.92 Å². The lowest BCUT2D eigenvalue weighted by Gasteiger charge is -2.21. The number of hydrogen-bond donors (Lipinski definition) is 1. The molecule has 18 heavy (non-hydrogen) atoms. The number of Topliss-reactive ketones (excluding diaryl/α,β-unsaturated/α-hetero) is 1. The van der Waals surface area contributed by atoms with Gasteiger partial charge in [0.1, 0.15) is 11.0 Å². The van der Waals surface area contributed by atoms with Crippen LogP contribution in [0.15, 0.2) is 22.8 Å². The van der Waals surface area contributed by atoms with E-state index >= 15 is 0 Å². The van der Waals surface area contributed by atoms with Gasteiger partial charge in [0.15, 0.2) is 5.78 Å². The van der Waals surface area contributed by atoms with Crippen molar-refractivity contribution in [3.63, 3.8) is 0 Å². The third-order valence-corrected chi connectivity index (χ3v) is 3.25. The highest BCUT2D eigenvalue weighted by Gasteiger charge is 2.22. The molecule has 1 aliphatic heterocycles. The summed E-state index contributed by atoms with van der Waals surface area (Å²) in [5.41, 5.74) is 2.04. The van der Waals surface area contributed by atoms with Gasteiger partial charge in [0.25, 0.3) is 0 Å². The van der Waals surface area contributed by atoms with Crippen LogP contribution < -0.4 is 5.32 Å². The second kappa shape index (κ2) is 5.46. The van der Waals surface area contributed by atoms with Crippen molar-refractivity contribution >= 4 is 29.2 Å². The van der Waals surface area contributed by atoms with E-state index in [1.54, 1.807) is 18.2 Å². The number of benzene rings is 1. The number of ketones is 1. The van der Waals surface area contributed by atoms with Crippen LogP contribution >= 0.6 is 12.4 Å². The van der Waals surface area contributed by atoms with Gasteiger partial charge in [0.2, 0.25) is 0 Å². The highest BCUT2D eigenvalue weighted by Crippen LogP contribution is 2.20. The molecule has 2 aromatic rings. The van der Waals surface area contributed by atoms with E-state index in [1.165, 1.54) is 0 Å². The number of nitrogens with zero attached hydrogens (tertiary/aromatic N) is 2. The molecule has 2 heterocycles. The molecule has 0 amide bonds.